The molecule has 3 aromatic rings. The van der Waals surface area contributed by atoms with E-state index in [2.05, 4.69) is 20.4 Å². The lowest BCUT2D eigenvalue weighted by atomic mass is 9.96. The second-order valence-corrected chi connectivity index (χ2v) is 7.95. The van der Waals surface area contributed by atoms with E-state index in [1.807, 2.05) is 30.3 Å². The van der Waals surface area contributed by atoms with Gasteiger partial charge in [0.2, 0.25) is 17.6 Å². The molecular formula is C21H20Cl2N4O2. The summed E-state index contributed by atoms with van der Waals surface area (Å²) in [4.78, 5) is 19.3. The minimum absolute atomic E-state index is 0.00728. The van der Waals surface area contributed by atoms with Crippen molar-refractivity contribution < 1.29 is 9.32 Å². The van der Waals surface area contributed by atoms with E-state index in [-0.39, 0.29) is 11.8 Å². The molecule has 2 heterocycles. The van der Waals surface area contributed by atoms with E-state index < -0.39 is 0 Å². The number of nitrogens with one attached hydrogen (secondary N) is 1. The lowest BCUT2D eigenvalue weighted by Gasteiger charge is -2.30. The molecule has 1 saturated heterocycles. The summed E-state index contributed by atoms with van der Waals surface area (Å²) in [5, 5.41) is 7.96. The zero-order valence-corrected chi connectivity index (χ0v) is 17.2. The molecule has 150 valence electrons. The Kier molecular flexibility index (Phi) is 6.13. The molecule has 0 bridgehead atoms. The summed E-state index contributed by atoms with van der Waals surface area (Å²) in [5.41, 5.74) is 1.55. The highest BCUT2D eigenvalue weighted by Crippen LogP contribution is 2.25. The maximum absolute atomic E-state index is 12.6. The summed E-state index contributed by atoms with van der Waals surface area (Å²) in [6, 6.07) is 14.8. The number of carbonyl (C=O) groups excluding carboxylic acids is 1. The molecule has 2 aromatic carbocycles. The monoisotopic (exact) mass is 430 g/mol. The van der Waals surface area contributed by atoms with Crippen LogP contribution in [0.15, 0.2) is 53.1 Å². The molecule has 1 amide bonds. The highest BCUT2D eigenvalue weighted by molar-refractivity contribution is 6.35. The molecule has 1 fully saturated rings. The smallest absolute Gasteiger partial charge is 0.241 e. The van der Waals surface area contributed by atoms with Crippen LogP contribution in [0.4, 0.5) is 5.69 Å². The Morgan fingerprint density at radius 1 is 1.10 bits per heavy atom. The van der Waals surface area contributed by atoms with Crippen LogP contribution in [0, 0.1) is 5.92 Å². The number of halogens is 2. The summed E-state index contributed by atoms with van der Waals surface area (Å²) >= 11 is 12.0. The minimum atomic E-state index is -0.0495. The average Bonchev–Trinajstić information content (AvgIpc) is 3.17. The molecule has 1 aliphatic heterocycles. The fraction of sp³-hybridized carbons (Fsp3) is 0.286. The van der Waals surface area contributed by atoms with Crippen LogP contribution in [0.5, 0.6) is 0 Å². The van der Waals surface area contributed by atoms with Gasteiger partial charge in [0.25, 0.3) is 0 Å². The number of hydrogen-bond acceptors (Lipinski definition) is 5. The molecule has 1 aliphatic rings. The number of aromatic nitrogens is 2. The highest BCUT2D eigenvalue weighted by Gasteiger charge is 2.26. The first-order chi connectivity index (χ1) is 14.1. The predicted octanol–water partition coefficient (Wildman–Crippen LogP) is 4.89. The Balaban J connectivity index is 1.29. The van der Waals surface area contributed by atoms with Crippen molar-refractivity contribution in [3.8, 4) is 11.4 Å². The molecule has 1 N–H and O–H groups in total. The van der Waals surface area contributed by atoms with Crippen molar-refractivity contribution in [2.75, 3.05) is 18.4 Å². The molecule has 29 heavy (non-hydrogen) atoms. The number of nitrogens with zero attached hydrogens (tertiary/aromatic N) is 3. The van der Waals surface area contributed by atoms with Gasteiger partial charge in [0.15, 0.2) is 0 Å². The van der Waals surface area contributed by atoms with Crippen LogP contribution in [0.25, 0.3) is 11.4 Å². The van der Waals surface area contributed by atoms with Gasteiger partial charge in [-0.05, 0) is 44.1 Å². The largest absolute Gasteiger partial charge is 0.338 e. The normalized spacial score (nSPS) is 15.4. The number of anilines is 1. The lowest BCUT2D eigenvalue weighted by molar-refractivity contribution is -0.121. The maximum Gasteiger partial charge on any atom is 0.241 e. The van der Waals surface area contributed by atoms with Crippen molar-refractivity contribution in [1.82, 2.24) is 15.0 Å². The SMILES string of the molecule is O=C(Nc1cc(Cl)cc(Cl)c1)C1CCN(Cc2nc(-c3ccccc3)no2)CC1. The molecule has 0 aliphatic carbocycles. The van der Waals surface area contributed by atoms with Crippen LogP contribution < -0.4 is 5.32 Å². The van der Waals surface area contributed by atoms with Crippen LogP contribution in [0.2, 0.25) is 10.0 Å². The predicted molar refractivity (Wildman–Crippen MR) is 113 cm³/mol. The third-order valence-corrected chi connectivity index (χ3v) is 5.38. The Labute approximate surface area is 178 Å². The third kappa shape index (κ3) is 5.15. The van der Waals surface area contributed by atoms with Crippen LogP contribution in [-0.4, -0.2) is 34.0 Å². The van der Waals surface area contributed by atoms with Crippen molar-refractivity contribution >= 4 is 34.8 Å². The fourth-order valence-corrected chi connectivity index (χ4v) is 3.96. The number of piperidine rings is 1. The molecule has 1 aromatic heterocycles. The topological polar surface area (TPSA) is 71.3 Å². The van der Waals surface area contributed by atoms with Crippen molar-refractivity contribution in [3.05, 3.63) is 64.5 Å². The highest BCUT2D eigenvalue weighted by atomic mass is 35.5. The number of hydrogen-bond donors (Lipinski definition) is 1. The van der Waals surface area contributed by atoms with Gasteiger partial charge in [-0.2, -0.15) is 4.98 Å². The Hall–Kier alpha value is -2.41. The van der Waals surface area contributed by atoms with Gasteiger partial charge in [0.05, 0.1) is 6.54 Å². The van der Waals surface area contributed by atoms with Gasteiger partial charge in [-0.15, -0.1) is 0 Å². The number of rotatable bonds is 5. The zero-order valence-electron chi connectivity index (χ0n) is 15.6. The van der Waals surface area contributed by atoms with E-state index >= 15 is 0 Å². The second-order valence-electron chi connectivity index (χ2n) is 7.08. The second kappa shape index (κ2) is 8.95. The van der Waals surface area contributed by atoms with E-state index in [0.29, 0.717) is 34.0 Å². The van der Waals surface area contributed by atoms with Crippen LogP contribution in [-0.2, 0) is 11.3 Å². The van der Waals surface area contributed by atoms with Gasteiger partial charge < -0.3 is 9.84 Å². The summed E-state index contributed by atoms with van der Waals surface area (Å²) in [5.74, 6) is 1.12. The van der Waals surface area contributed by atoms with E-state index in [0.717, 1.165) is 31.5 Å². The summed E-state index contributed by atoms with van der Waals surface area (Å²) < 4.78 is 5.39. The fourth-order valence-electron chi connectivity index (χ4n) is 3.44. The van der Waals surface area contributed by atoms with Gasteiger partial charge in [-0.1, -0.05) is 58.7 Å². The van der Waals surface area contributed by atoms with E-state index in [4.69, 9.17) is 27.7 Å². The third-order valence-electron chi connectivity index (χ3n) is 4.95. The minimum Gasteiger partial charge on any atom is -0.338 e. The molecule has 4 rings (SSSR count). The molecule has 6 nitrogen and oxygen atoms in total. The van der Waals surface area contributed by atoms with Gasteiger partial charge in [0, 0.05) is 27.2 Å². The van der Waals surface area contributed by atoms with E-state index in [9.17, 15) is 4.79 Å². The summed E-state index contributed by atoms with van der Waals surface area (Å²) in [6.07, 6.45) is 1.53. The molecule has 0 spiro atoms. The molecule has 0 radical (unpaired) electrons. The van der Waals surface area contributed by atoms with Crippen molar-refractivity contribution in [2.45, 2.75) is 19.4 Å². The Bertz CT molecular complexity index is 965. The van der Waals surface area contributed by atoms with Gasteiger partial charge >= 0.3 is 0 Å². The van der Waals surface area contributed by atoms with Gasteiger partial charge in [-0.25, -0.2) is 0 Å². The zero-order chi connectivity index (χ0) is 20.2. The standard InChI is InChI=1S/C21H20Cl2N4O2/c22-16-10-17(23)12-18(11-16)24-21(28)15-6-8-27(9-7-15)13-19-25-20(26-29-19)14-4-2-1-3-5-14/h1-5,10-12,15H,6-9,13H2,(H,24,28). The van der Waals surface area contributed by atoms with Crippen LogP contribution in [0.1, 0.15) is 18.7 Å². The van der Waals surface area contributed by atoms with Crippen LogP contribution >= 0.6 is 23.2 Å². The Morgan fingerprint density at radius 3 is 2.48 bits per heavy atom. The first-order valence-electron chi connectivity index (χ1n) is 9.44. The molecule has 8 heteroatoms. The van der Waals surface area contributed by atoms with Crippen LogP contribution in [0.3, 0.4) is 0 Å². The number of carbonyl (C=O) groups is 1. The molecule has 0 atom stereocenters. The lowest BCUT2D eigenvalue weighted by Crippen LogP contribution is -2.37. The van der Waals surface area contributed by atoms with E-state index in [1.54, 1.807) is 18.2 Å². The number of benzene rings is 2. The molecule has 0 saturated carbocycles. The summed E-state index contributed by atoms with van der Waals surface area (Å²) in [7, 11) is 0. The molecular weight excluding hydrogens is 411 g/mol. The number of likely N-dealkylation sites (tertiary alicyclic amines) is 1. The van der Waals surface area contributed by atoms with Crippen molar-refractivity contribution in [2.24, 2.45) is 5.92 Å². The first-order valence-corrected chi connectivity index (χ1v) is 10.2. The molecule has 0 unspecified atom stereocenters. The first kappa shape index (κ1) is 19.9. The maximum atomic E-state index is 12.6. The van der Waals surface area contributed by atoms with E-state index in [1.165, 1.54) is 0 Å². The quantitative estimate of drug-likeness (QED) is 0.623. The van der Waals surface area contributed by atoms with Crippen molar-refractivity contribution in [1.29, 1.82) is 0 Å². The summed E-state index contributed by atoms with van der Waals surface area (Å²) in [6.45, 7) is 2.16. The Morgan fingerprint density at radius 2 is 1.79 bits per heavy atom. The average molecular weight is 431 g/mol. The van der Waals surface area contributed by atoms with Crippen molar-refractivity contribution in [3.63, 3.8) is 0 Å². The van der Waals surface area contributed by atoms with Gasteiger partial charge in [0.1, 0.15) is 0 Å². The number of amides is 1. The van der Waals surface area contributed by atoms with Gasteiger partial charge in [-0.3, -0.25) is 9.69 Å².